The molecule has 2 saturated heterocycles. The average molecular weight is 561 g/mol. The Morgan fingerprint density at radius 2 is 1.79 bits per heavy atom. The molecule has 11 nitrogen and oxygen atoms in total. The molecule has 5 atom stereocenters. The zero-order valence-corrected chi connectivity index (χ0v) is 22.9. The van der Waals surface area contributed by atoms with E-state index in [9.17, 15) is 29.0 Å². The number of aliphatic hydroxyl groups excluding tert-OH is 3. The molecule has 0 amide bonds. The van der Waals surface area contributed by atoms with Gasteiger partial charge in [-0.2, -0.15) is 9.98 Å². The number of rotatable bonds is 9. The van der Waals surface area contributed by atoms with E-state index in [-0.39, 0.29) is 5.57 Å². The number of nitriles is 1. The van der Waals surface area contributed by atoms with E-state index in [1.54, 1.807) is 25.1 Å². The van der Waals surface area contributed by atoms with Crippen LogP contribution in [0.25, 0.3) is 16.3 Å². The molecule has 0 aliphatic carbocycles. The van der Waals surface area contributed by atoms with E-state index >= 15 is 0 Å². The summed E-state index contributed by atoms with van der Waals surface area (Å²) >= 11 is 0. The largest absolute Gasteiger partial charge is 0.388 e. The van der Waals surface area contributed by atoms with Gasteiger partial charge in [-0.15, -0.1) is 0 Å². The van der Waals surface area contributed by atoms with Gasteiger partial charge in [0.25, 0.3) is 10.0 Å². The van der Waals surface area contributed by atoms with E-state index in [1.807, 2.05) is 24.3 Å². The highest BCUT2D eigenvalue weighted by Gasteiger charge is 2.45. The van der Waals surface area contributed by atoms with Gasteiger partial charge in [-0.05, 0) is 53.5 Å². The highest BCUT2D eigenvalue weighted by Crippen LogP contribution is 2.28. The Morgan fingerprint density at radius 1 is 1.10 bits per heavy atom. The van der Waals surface area contributed by atoms with Crippen LogP contribution in [0.3, 0.4) is 0 Å². The van der Waals surface area contributed by atoms with E-state index in [4.69, 9.17) is 9.47 Å². The van der Waals surface area contributed by atoms with E-state index in [2.05, 4.69) is 14.9 Å². The van der Waals surface area contributed by atoms with Gasteiger partial charge in [0.15, 0.2) is 11.2 Å². The smallest absolute Gasteiger partial charge is 0.251 e. The number of hydrogen-bond donors (Lipinski definition) is 5. The molecular formula is C27H36N4O7S. The number of morpholine rings is 1. The molecule has 39 heavy (non-hydrogen) atoms. The first-order chi connectivity index (χ1) is 18.6. The summed E-state index contributed by atoms with van der Waals surface area (Å²) < 4.78 is 39.1. The van der Waals surface area contributed by atoms with Crippen LogP contribution in [0.15, 0.2) is 41.3 Å². The van der Waals surface area contributed by atoms with Crippen LogP contribution in [-0.2, 0) is 19.5 Å². The minimum absolute atomic E-state index is 0.201. The molecule has 0 saturated carbocycles. The normalized spacial score (nSPS) is 27.1. The Bertz CT molecular complexity index is 1340. The maximum absolute atomic E-state index is 13.1. The summed E-state index contributed by atoms with van der Waals surface area (Å²) in [4.78, 5) is 1.79. The third-order valence-corrected chi connectivity index (χ3v) is 8.78. The van der Waals surface area contributed by atoms with Crippen molar-refractivity contribution in [3.8, 4) is 6.07 Å². The molecule has 12 heteroatoms. The van der Waals surface area contributed by atoms with Crippen molar-refractivity contribution in [1.82, 2.24) is 9.62 Å². The molecule has 2 aromatic rings. The van der Waals surface area contributed by atoms with Crippen LogP contribution in [-0.4, -0.2) is 98.7 Å². The predicted octanol–water partition coefficient (Wildman–Crippen LogP) is 0.975. The minimum Gasteiger partial charge on any atom is -0.388 e. The Hall–Kier alpha value is -2.60. The molecule has 4 rings (SSSR count). The minimum atomic E-state index is -4.48. The number of nitrogens with zero attached hydrogens (tertiary/aromatic N) is 2. The molecule has 0 spiro atoms. The molecule has 2 heterocycles. The van der Waals surface area contributed by atoms with Crippen molar-refractivity contribution < 1.29 is 33.2 Å². The predicted molar refractivity (Wildman–Crippen MR) is 147 cm³/mol. The van der Waals surface area contributed by atoms with Gasteiger partial charge in [0.05, 0.1) is 19.3 Å². The molecule has 212 valence electrons. The quantitative estimate of drug-likeness (QED) is 0.279. The van der Waals surface area contributed by atoms with E-state index in [0.29, 0.717) is 12.0 Å². The lowest BCUT2D eigenvalue weighted by atomic mass is 9.96. The first-order valence-corrected chi connectivity index (χ1v) is 14.5. The number of ether oxygens (including phenoxy) is 2. The number of anilines is 1. The lowest BCUT2D eigenvalue weighted by Crippen LogP contribution is -2.63. The maximum Gasteiger partial charge on any atom is 0.251 e. The number of hydrogen-bond acceptors (Lipinski definition) is 10. The number of fused-ring (bicyclic) bond motifs is 1. The SMILES string of the molecule is CC[C@H]1OC(O)[C@H](NS(=O)(=O)/C(C#N)=C(\C)c2ccc3cc(NCCN4CCOCC4)ccc3c2)[C@@H](O)[C@@H]1O. The Morgan fingerprint density at radius 3 is 2.49 bits per heavy atom. The standard InChI is InChI=1S/C27H36N4O7S/c1-3-22-25(32)26(33)24(27(34)38-22)30-39(35,36)23(16-28)17(2)18-4-5-20-15-21(7-6-19(20)14-18)29-8-9-31-10-12-37-13-11-31/h4-7,14-15,22,24-27,29-30,32-34H,3,8-13H2,1-2H3/b23-17+/t22-,24-,25-,26-,27?/m1/s1. The lowest BCUT2D eigenvalue weighted by Gasteiger charge is -2.40. The fourth-order valence-electron chi connectivity index (χ4n) is 4.90. The molecular weight excluding hydrogens is 524 g/mol. The first-order valence-electron chi connectivity index (χ1n) is 13.1. The fourth-order valence-corrected chi connectivity index (χ4v) is 6.27. The van der Waals surface area contributed by atoms with Gasteiger partial charge in [-0.3, -0.25) is 4.90 Å². The summed E-state index contributed by atoms with van der Waals surface area (Å²) in [7, 11) is -4.48. The van der Waals surface area contributed by atoms with Crippen LogP contribution in [0.1, 0.15) is 25.8 Å². The van der Waals surface area contributed by atoms with Crippen molar-refractivity contribution in [2.24, 2.45) is 0 Å². The van der Waals surface area contributed by atoms with Crippen molar-refractivity contribution in [1.29, 1.82) is 5.26 Å². The van der Waals surface area contributed by atoms with Gasteiger partial charge in [-0.25, -0.2) is 8.42 Å². The number of sulfonamides is 1. The second-order valence-corrected chi connectivity index (χ2v) is 11.5. The van der Waals surface area contributed by atoms with Gasteiger partial charge in [0, 0.05) is 31.9 Å². The number of aliphatic hydroxyl groups is 3. The van der Waals surface area contributed by atoms with Crippen LogP contribution in [0.5, 0.6) is 0 Å². The van der Waals surface area contributed by atoms with Crippen molar-refractivity contribution >= 4 is 32.1 Å². The molecule has 2 aliphatic rings. The molecule has 1 unspecified atom stereocenters. The Labute approximate surface area is 228 Å². The van der Waals surface area contributed by atoms with Crippen LogP contribution in [0.4, 0.5) is 5.69 Å². The molecule has 2 aliphatic heterocycles. The summed E-state index contributed by atoms with van der Waals surface area (Å²) in [6, 6.07) is 11.5. The zero-order valence-electron chi connectivity index (χ0n) is 22.1. The third-order valence-electron chi connectivity index (χ3n) is 7.26. The molecule has 5 N–H and O–H groups in total. The highest BCUT2D eigenvalue weighted by atomic mass is 32.2. The van der Waals surface area contributed by atoms with E-state index in [1.165, 1.54) is 6.92 Å². The Balaban J connectivity index is 1.50. The number of nitrogens with one attached hydrogen (secondary N) is 2. The Kier molecular flexibility index (Phi) is 9.58. The zero-order chi connectivity index (χ0) is 28.2. The van der Waals surface area contributed by atoms with Crippen molar-refractivity contribution in [3.05, 3.63) is 46.9 Å². The average Bonchev–Trinajstić information content (AvgIpc) is 2.93. The molecule has 0 aromatic heterocycles. The van der Waals surface area contributed by atoms with E-state index in [0.717, 1.165) is 55.9 Å². The summed E-state index contributed by atoms with van der Waals surface area (Å²) in [5, 5.41) is 45.9. The van der Waals surface area contributed by atoms with Gasteiger partial charge >= 0.3 is 0 Å². The van der Waals surface area contributed by atoms with Gasteiger partial charge in [-0.1, -0.05) is 25.1 Å². The molecule has 2 aromatic carbocycles. The monoisotopic (exact) mass is 560 g/mol. The van der Waals surface area contributed by atoms with Gasteiger partial charge in [0.1, 0.15) is 24.3 Å². The van der Waals surface area contributed by atoms with Gasteiger partial charge < -0.3 is 30.1 Å². The molecule has 0 radical (unpaired) electrons. The first kappa shape index (κ1) is 29.4. The second kappa shape index (κ2) is 12.7. The third kappa shape index (κ3) is 6.77. The van der Waals surface area contributed by atoms with Crippen LogP contribution in [0, 0.1) is 11.3 Å². The topological polar surface area (TPSA) is 164 Å². The summed E-state index contributed by atoms with van der Waals surface area (Å²) in [5.74, 6) is 0. The van der Waals surface area contributed by atoms with Crippen molar-refractivity contribution in [2.75, 3.05) is 44.7 Å². The maximum atomic E-state index is 13.1. The van der Waals surface area contributed by atoms with Crippen molar-refractivity contribution in [3.63, 3.8) is 0 Å². The lowest BCUT2D eigenvalue weighted by molar-refractivity contribution is -0.244. The summed E-state index contributed by atoms with van der Waals surface area (Å²) in [6.45, 7) is 8.33. The molecule has 0 bridgehead atoms. The molecule has 2 fully saturated rings. The second-order valence-electron chi connectivity index (χ2n) is 9.83. The van der Waals surface area contributed by atoms with E-state index < -0.39 is 45.6 Å². The van der Waals surface area contributed by atoms with Crippen LogP contribution >= 0.6 is 0 Å². The summed E-state index contributed by atoms with van der Waals surface area (Å²) in [6.07, 6.45) is -5.25. The number of benzene rings is 2. The fraction of sp³-hybridized carbons (Fsp3) is 0.519. The summed E-state index contributed by atoms with van der Waals surface area (Å²) in [5.41, 5.74) is 1.71. The highest BCUT2D eigenvalue weighted by molar-refractivity contribution is 7.93. The number of allylic oxidation sites excluding steroid dienone is 2. The van der Waals surface area contributed by atoms with Gasteiger partial charge in [0.2, 0.25) is 0 Å². The van der Waals surface area contributed by atoms with Crippen molar-refractivity contribution in [2.45, 2.75) is 50.9 Å². The van der Waals surface area contributed by atoms with Crippen LogP contribution < -0.4 is 10.0 Å². The van der Waals surface area contributed by atoms with Crippen LogP contribution in [0.2, 0.25) is 0 Å².